The zero-order valence-electron chi connectivity index (χ0n) is 15.6. The summed E-state index contributed by atoms with van der Waals surface area (Å²) in [4.78, 5) is 22.7. The summed E-state index contributed by atoms with van der Waals surface area (Å²) < 4.78 is 18.4. The third-order valence-electron chi connectivity index (χ3n) is 4.72. The van der Waals surface area contributed by atoms with Gasteiger partial charge in [-0.25, -0.2) is 9.97 Å². The topological polar surface area (TPSA) is 93.4 Å². The molecule has 3 N–H and O–H groups in total. The molecule has 0 spiro atoms. The molecule has 0 radical (unpaired) electrons. The van der Waals surface area contributed by atoms with E-state index in [1.165, 1.54) is 12.3 Å². The van der Waals surface area contributed by atoms with Crippen molar-refractivity contribution in [3.05, 3.63) is 66.5 Å². The fraction of sp³-hybridized carbons (Fsp3) is 0.190. The van der Waals surface area contributed by atoms with Crippen molar-refractivity contribution < 1.29 is 13.9 Å². The molecule has 148 valence electrons. The van der Waals surface area contributed by atoms with E-state index in [1.807, 2.05) is 6.07 Å². The predicted molar refractivity (Wildman–Crippen MR) is 109 cm³/mol. The molecule has 0 unspecified atom stereocenters. The van der Waals surface area contributed by atoms with Gasteiger partial charge < -0.3 is 20.7 Å². The van der Waals surface area contributed by atoms with E-state index in [9.17, 15) is 9.18 Å². The molecule has 1 aliphatic rings. The number of amides is 1. The van der Waals surface area contributed by atoms with E-state index in [2.05, 4.69) is 20.2 Å². The van der Waals surface area contributed by atoms with Gasteiger partial charge in [-0.05, 0) is 42.0 Å². The smallest absolute Gasteiger partial charge is 0.274 e. The minimum atomic E-state index is -0.552. The molecular weight excluding hydrogens is 373 g/mol. The number of morpholine rings is 1. The largest absolute Gasteiger partial charge is 0.397 e. The Morgan fingerprint density at radius 2 is 1.83 bits per heavy atom. The lowest BCUT2D eigenvalue weighted by Crippen LogP contribution is -2.36. The van der Waals surface area contributed by atoms with Crippen molar-refractivity contribution in [3.8, 4) is 11.1 Å². The third kappa shape index (κ3) is 4.33. The van der Waals surface area contributed by atoms with Crippen LogP contribution >= 0.6 is 0 Å². The molecule has 1 aliphatic heterocycles. The maximum absolute atomic E-state index is 13.0. The first-order chi connectivity index (χ1) is 14.1. The summed E-state index contributed by atoms with van der Waals surface area (Å²) in [6.45, 7) is 2.96. The van der Waals surface area contributed by atoms with Gasteiger partial charge in [0, 0.05) is 24.8 Å². The van der Waals surface area contributed by atoms with Gasteiger partial charge in [0.25, 0.3) is 5.91 Å². The first-order valence-electron chi connectivity index (χ1n) is 9.22. The monoisotopic (exact) mass is 393 g/mol. The van der Waals surface area contributed by atoms with Gasteiger partial charge in [-0.2, -0.15) is 4.39 Å². The number of hydrogen-bond acceptors (Lipinski definition) is 6. The molecule has 8 heteroatoms. The van der Waals surface area contributed by atoms with Crippen LogP contribution in [0.4, 0.5) is 21.5 Å². The molecule has 1 aromatic carbocycles. The Balaban J connectivity index is 1.50. The maximum Gasteiger partial charge on any atom is 0.274 e. The highest BCUT2D eigenvalue weighted by Gasteiger charge is 2.14. The van der Waals surface area contributed by atoms with Gasteiger partial charge >= 0.3 is 0 Å². The summed E-state index contributed by atoms with van der Waals surface area (Å²) in [5, 5.41) is 2.79. The molecule has 0 atom stereocenters. The van der Waals surface area contributed by atoms with Crippen molar-refractivity contribution in [1.82, 2.24) is 9.97 Å². The fourth-order valence-electron chi connectivity index (χ4n) is 3.11. The number of nitrogens with zero attached hydrogens (tertiary/aromatic N) is 3. The van der Waals surface area contributed by atoms with Gasteiger partial charge in [-0.15, -0.1) is 0 Å². The lowest BCUT2D eigenvalue weighted by molar-refractivity contribution is 0.102. The molecule has 0 aliphatic carbocycles. The van der Waals surface area contributed by atoms with Gasteiger partial charge in [0.05, 0.1) is 36.5 Å². The van der Waals surface area contributed by atoms with E-state index in [1.54, 1.807) is 36.5 Å². The van der Waals surface area contributed by atoms with Crippen LogP contribution < -0.4 is 16.0 Å². The summed E-state index contributed by atoms with van der Waals surface area (Å²) in [6, 6.07) is 11.7. The van der Waals surface area contributed by atoms with Crippen LogP contribution in [0.25, 0.3) is 11.1 Å². The van der Waals surface area contributed by atoms with E-state index in [0.29, 0.717) is 24.6 Å². The second-order valence-electron chi connectivity index (χ2n) is 6.63. The summed E-state index contributed by atoms with van der Waals surface area (Å²) in [7, 11) is 0. The van der Waals surface area contributed by atoms with Gasteiger partial charge in [0.2, 0.25) is 5.95 Å². The first-order valence-corrected chi connectivity index (χ1v) is 9.22. The quantitative estimate of drug-likeness (QED) is 0.523. The van der Waals surface area contributed by atoms with Crippen molar-refractivity contribution in [2.45, 2.75) is 0 Å². The molecule has 3 aromatic rings. The van der Waals surface area contributed by atoms with E-state index < -0.39 is 5.95 Å². The third-order valence-corrected chi connectivity index (χ3v) is 4.72. The molecule has 0 bridgehead atoms. The summed E-state index contributed by atoms with van der Waals surface area (Å²) in [6.07, 6.45) is 3.11. The number of nitrogens with two attached hydrogens (primary N) is 1. The molecule has 1 saturated heterocycles. The number of pyridine rings is 2. The number of rotatable bonds is 4. The van der Waals surface area contributed by atoms with Crippen molar-refractivity contribution in [2.24, 2.45) is 0 Å². The highest BCUT2D eigenvalue weighted by atomic mass is 19.1. The van der Waals surface area contributed by atoms with Gasteiger partial charge in [-0.1, -0.05) is 6.07 Å². The van der Waals surface area contributed by atoms with Gasteiger partial charge in [0.1, 0.15) is 5.69 Å². The van der Waals surface area contributed by atoms with Crippen molar-refractivity contribution >= 4 is 23.0 Å². The Labute approximate surface area is 167 Å². The average molecular weight is 393 g/mol. The Bertz CT molecular complexity index is 1000. The molecule has 0 saturated carbocycles. The Kier molecular flexibility index (Phi) is 5.35. The number of halogens is 1. The van der Waals surface area contributed by atoms with Crippen LogP contribution in [-0.4, -0.2) is 42.2 Å². The summed E-state index contributed by atoms with van der Waals surface area (Å²) >= 11 is 0. The minimum Gasteiger partial charge on any atom is -0.397 e. The fourth-order valence-corrected chi connectivity index (χ4v) is 3.11. The van der Waals surface area contributed by atoms with Crippen LogP contribution in [-0.2, 0) is 4.74 Å². The average Bonchev–Trinajstić information content (AvgIpc) is 2.76. The molecule has 1 amide bonds. The van der Waals surface area contributed by atoms with E-state index in [0.717, 1.165) is 29.9 Å². The standard InChI is InChI=1S/C21H20FN5O2/c22-20-6-2-15(12-25-20)14-1-4-17(23)19(11-14)26-21(28)18-5-3-16(13-24-18)27-7-9-29-10-8-27/h1-6,11-13H,7-10,23H2,(H,26,28). The second-order valence-corrected chi connectivity index (χ2v) is 6.63. The zero-order chi connectivity index (χ0) is 20.2. The zero-order valence-corrected chi connectivity index (χ0v) is 15.6. The van der Waals surface area contributed by atoms with E-state index >= 15 is 0 Å². The minimum absolute atomic E-state index is 0.287. The number of hydrogen-bond donors (Lipinski definition) is 2. The number of carbonyl (C=O) groups excluding carboxylic acids is 1. The van der Waals surface area contributed by atoms with E-state index in [-0.39, 0.29) is 11.6 Å². The number of anilines is 3. The molecule has 2 aromatic heterocycles. The van der Waals surface area contributed by atoms with Gasteiger partial charge in [-0.3, -0.25) is 4.79 Å². The second kappa shape index (κ2) is 8.24. The summed E-state index contributed by atoms with van der Waals surface area (Å²) in [5.41, 5.74) is 9.60. The van der Waals surface area contributed by atoms with Crippen LogP contribution in [0.5, 0.6) is 0 Å². The van der Waals surface area contributed by atoms with Crippen molar-refractivity contribution in [2.75, 3.05) is 42.3 Å². The lowest BCUT2D eigenvalue weighted by Gasteiger charge is -2.28. The predicted octanol–water partition coefficient (Wildman–Crippen LogP) is 2.95. The number of aromatic nitrogens is 2. The van der Waals surface area contributed by atoms with Gasteiger partial charge in [0.15, 0.2) is 0 Å². The Morgan fingerprint density at radius 3 is 2.52 bits per heavy atom. The Hall–Kier alpha value is -3.52. The SMILES string of the molecule is Nc1ccc(-c2ccc(F)nc2)cc1NC(=O)c1ccc(N2CCOCC2)cn1. The number of benzene rings is 1. The molecule has 4 rings (SSSR count). The van der Waals surface area contributed by atoms with Crippen molar-refractivity contribution in [3.63, 3.8) is 0 Å². The molecule has 29 heavy (non-hydrogen) atoms. The first kappa shape index (κ1) is 18.8. The number of carbonyl (C=O) groups is 1. The lowest BCUT2D eigenvalue weighted by atomic mass is 10.1. The molecule has 3 heterocycles. The van der Waals surface area contributed by atoms with Crippen molar-refractivity contribution in [1.29, 1.82) is 0 Å². The molecule has 1 fully saturated rings. The highest BCUT2D eigenvalue weighted by Crippen LogP contribution is 2.27. The van der Waals surface area contributed by atoms with Crippen LogP contribution in [0.15, 0.2) is 54.9 Å². The van der Waals surface area contributed by atoms with Crippen LogP contribution in [0.3, 0.4) is 0 Å². The number of nitrogen functional groups attached to an aromatic ring is 1. The van der Waals surface area contributed by atoms with Crippen LogP contribution in [0, 0.1) is 5.95 Å². The van der Waals surface area contributed by atoms with Crippen LogP contribution in [0.2, 0.25) is 0 Å². The summed E-state index contributed by atoms with van der Waals surface area (Å²) in [5.74, 6) is -0.913. The number of ether oxygens (including phenoxy) is 1. The maximum atomic E-state index is 13.0. The molecular formula is C21H20FN5O2. The van der Waals surface area contributed by atoms with Crippen LogP contribution in [0.1, 0.15) is 10.5 Å². The highest BCUT2D eigenvalue weighted by molar-refractivity contribution is 6.05. The normalized spacial score (nSPS) is 13.9. The Morgan fingerprint density at radius 1 is 1.03 bits per heavy atom. The molecule has 7 nitrogen and oxygen atoms in total. The number of nitrogens with one attached hydrogen (secondary N) is 1. The van der Waals surface area contributed by atoms with E-state index in [4.69, 9.17) is 10.5 Å².